The number of nitrogens with zero attached hydrogens (tertiary/aromatic N) is 1. The number of unbranched alkanes of at least 4 members (excludes halogenated alkanes) is 2. The molecule has 13 nitrogen and oxygen atoms in total. The molecule has 3 aliphatic heterocycles. The van der Waals surface area contributed by atoms with E-state index < -0.39 is 18.2 Å². The molecule has 2 saturated heterocycles. The predicted octanol–water partition coefficient (Wildman–Crippen LogP) is 5.72. The summed E-state index contributed by atoms with van der Waals surface area (Å²) in [7, 11) is 1.95. The van der Waals surface area contributed by atoms with Gasteiger partial charge in [0.25, 0.3) is 0 Å². The second-order valence-electron chi connectivity index (χ2n) is 16.2. The first-order valence-electron chi connectivity index (χ1n) is 21.5. The minimum Gasteiger partial charge on any atom is -0.494 e. The van der Waals surface area contributed by atoms with E-state index >= 15 is 0 Å². The molecule has 3 heterocycles. The average Bonchev–Trinajstić information content (AvgIpc) is 3.80. The lowest BCUT2D eigenvalue weighted by molar-refractivity contribution is -0.129. The van der Waals surface area contributed by atoms with Gasteiger partial charge in [-0.15, -0.1) is 0 Å². The quantitative estimate of drug-likeness (QED) is 0.0451. The third-order valence-corrected chi connectivity index (χ3v) is 13.0. The van der Waals surface area contributed by atoms with Gasteiger partial charge >= 0.3 is 6.03 Å². The average molecular weight is 861 g/mol. The Morgan fingerprint density at radius 2 is 1.65 bits per heavy atom. The fourth-order valence-corrected chi connectivity index (χ4v) is 9.75. The van der Waals surface area contributed by atoms with E-state index in [2.05, 4.69) is 26.6 Å². The van der Waals surface area contributed by atoms with Gasteiger partial charge in [-0.25, -0.2) is 4.79 Å². The van der Waals surface area contributed by atoms with Gasteiger partial charge in [-0.1, -0.05) is 78.9 Å². The van der Waals surface area contributed by atoms with E-state index in [1.165, 1.54) is 0 Å². The lowest BCUT2D eigenvalue weighted by Crippen LogP contribution is -2.53. The van der Waals surface area contributed by atoms with Crippen LogP contribution in [0.1, 0.15) is 78.6 Å². The van der Waals surface area contributed by atoms with E-state index in [4.69, 9.17) is 9.47 Å². The number of ether oxygens (including phenoxy) is 2. The van der Waals surface area contributed by atoms with Gasteiger partial charge in [0, 0.05) is 54.8 Å². The summed E-state index contributed by atoms with van der Waals surface area (Å²) in [6, 6.07) is 30.4. The summed E-state index contributed by atoms with van der Waals surface area (Å²) >= 11 is 1.87. The van der Waals surface area contributed by atoms with Crippen LogP contribution in [0.25, 0.3) is 0 Å². The van der Waals surface area contributed by atoms with Crippen molar-refractivity contribution in [3.8, 4) is 11.5 Å². The number of benzene rings is 4. The van der Waals surface area contributed by atoms with E-state index in [0.717, 1.165) is 49.1 Å². The summed E-state index contributed by atoms with van der Waals surface area (Å²) in [6.07, 6.45) is 4.30. The first-order valence-corrected chi connectivity index (χ1v) is 22.6. The fraction of sp³-hybridized carbons (Fsp3) is 0.396. The highest BCUT2D eigenvalue weighted by Crippen LogP contribution is 2.39. The molecule has 0 aliphatic carbocycles. The molecule has 0 unspecified atom stereocenters. The van der Waals surface area contributed by atoms with E-state index in [-0.39, 0.29) is 48.0 Å². The summed E-state index contributed by atoms with van der Waals surface area (Å²) in [4.78, 5) is 65.9. The molecule has 6 atom stereocenters. The van der Waals surface area contributed by atoms with Gasteiger partial charge in [0.1, 0.15) is 23.6 Å². The van der Waals surface area contributed by atoms with E-state index in [0.29, 0.717) is 59.6 Å². The Hall–Kier alpha value is -6.02. The number of thioether (sulfide) groups is 1. The van der Waals surface area contributed by atoms with Crippen molar-refractivity contribution in [2.75, 3.05) is 37.4 Å². The molecule has 14 heteroatoms. The Morgan fingerprint density at radius 1 is 0.871 bits per heavy atom. The van der Waals surface area contributed by atoms with Gasteiger partial charge in [0.15, 0.2) is 5.78 Å². The molecule has 326 valence electrons. The number of amides is 5. The number of urea groups is 1. The van der Waals surface area contributed by atoms with E-state index in [1.807, 2.05) is 90.4 Å². The molecule has 0 radical (unpaired) electrons. The van der Waals surface area contributed by atoms with Gasteiger partial charge < -0.3 is 41.0 Å². The molecule has 7 rings (SSSR count). The van der Waals surface area contributed by atoms with Gasteiger partial charge in [-0.05, 0) is 68.4 Å². The second-order valence-corrected chi connectivity index (χ2v) is 17.5. The van der Waals surface area contributed by atoms with Crippen LogP contribution in [0, 0.1) is 0 Å². The normalized spacial score (nSPS) is 20.6. The van der Waals surface area contributed by atoms with Gasteiger partial charge in [0.05, 0.1) is 36.8 Å². The monoisotopic (exact) mass is 860 g/mol. The molecular weight excluding hydrogens is 805 g/mol. The Balaban J connectivity index is 0.862. The number of carbonyl (C=O) groups excluding carboxylic acids is 5. The molecule has 4 aromatic carbocycles. The van der Waals surface area contributed by atoms with Crippen LogP contribution in [0.3, 0.4) is 0 Å². The number of fused-ring (bicyclic) bond motifs is 2. The Kier molecular flexibility index (Phi) is 15.0. The maximum absolute atomic E-state index is 13.7. The first-order chi connectivity index (χ1) is 30.1. The summed E-state index contributed by atoms with van der Waals surface area (Å²) in [5.41, 5.74) is 3.46. The molecule has 0 bridgehead atoms. The lowest BCUT2D eigenvalue weighted by Gasteiger charge is -2.29. The molecular formula is C48H56N6O7S. The minimum absolute atomic E-state index is 0.0114. The van der Waals surface area contributed by atoms with Crippen LogP contribution in [0.5, 0.6) is 11.5 Å². The first kappa shape index (κ1) is 44.0. The van der Waals surface area contributed by atoms with Crippen LogP contribution in [-0.4, -0.2) is 91.5 Å². The Bertz CT molecular complexity index is 2190. The SMILES string of the molecule is C[C@H](NC(=O)Cc1cccc(C(=O)c2ccccc2)c1)C(=O)N[C@@H]1CN(C)c2cc(OCCCCCNC(=O)CCC[C@@H]3SC[C@@H]4NC(=O)N[C@@H]43)ccc2O[C@@H]1c1ccccc1. The third kappa shape index (κ3) is 11.7. The minimum atomic E-state index is -0.837. The van der Waals surface area contributed by atoms with Crippen LogP contribution in [0.4, 0.5) is 10.5 Å². The van der Waals surface area contributed by atoms with Crippen molar-refractivity contribution in [1.29, 1.82) is 0 Å². The van der Waals surface area contributed by atoms with Gasteiger partial charge in [0.2, 0.25) is 17.7 Å². The molecule has 0 spiro atoms. The third-order valence-electron chi connectivity index (χ3n) is 11.5. The number of hydrogen-bond acceptors (Lipinski definition) is 9. The number of nitrogens with one attached hydrogen (secondary N) is 5. The van der Waals surface area contributed by atoms with E-state index in [1.54, 1.807) is 43.3 Å². The van der Waals surface area contributed by atoms with Gasteiger partial charge in [-0.2, -0.15) is 11.8 Å². The summed E-state index contributed by atoms with van der Waals surface area (Å²) in [6.45, 7) is 3.23. The molecule has 0 aromatic heterocycles. The Morgan fingerprint density at radius 3 is 2.45 bits per heavy atom. The fourth-order valence-electron chi connectivity index (χ4n) is 8.20. The summed E-state index contributed by atoms with van der Waals surface area (Å²) in [5.74, 6) is 1.54. The van der Waals surface area contributed by atoms with Crippen molar-refractivity contribution >= 4 is 47.0 Å². The topological polar surface area (TPSA) is 167 Å². The van der Waals surface area contributed by atoms with Crippen molar-refractivity contribution in [1.82, 2.24) is 26.6 Å². The number of rotatable bonds is 19. The Labute approximate surface area is 367 Å². The molecule has 62 heavy (non-hydrogen) atoms. The summed E-state index contributed by atoms with van der Waals surface area (Å²) < 4.78 is 12.8. The number of likely N-dealkylation sites (N-methyl/N-ethyl adjacent to an activating group) is 1. The highest BCUT2D eigenvalue weighted by Gasteiger charge is 2.42. The van der Waals surface area contributed by atoms with Crippen LogP contribution in [-0.2, 0) is 20.8 Å². The number of carbonyl (C=O) groups is 5. The summed E-state index contributed by atoms with van der Waals surface area (Å²) in [5, 5.41) is 15.3. The van der Waals surface area contributed by atoms with Crippen molar-refractivity contribution in [3.63, 3.8) is 0 Å². The second kappa shape index (κ2) is 21.2. The number of hydrogen-bond donors (Lipinski definition) is 5. The standard InChI is InChI=1S/C48H56N6O7S/c1-31(50-43(56)27-32-14-12-19-35(26-32)45(57)33-15-6-3-7-16-33)47(58)51-37-29-54(2)39-28-36(22-23-40(39)61-46(37)34-17-8-4-9-18-34)60-25-11-5-10-24-49-42(55)21-13-20-41-44-38(30-62-41)52-48(59)53-44/h3-4,6-9,12,14-19,22-23,26,28,31,37-38,41,44,46H,5,10-11,13,20-21,24-25,27,29-30H2,1-2H3,(H,49,55)(H,50,56)(H,51,58)(H2,52,53,59)/t31-,37+,38-,41-,44-,46+/m0/s1. The molecule has 4 aromatic rings. The lowest BCUT2D eigenvalue weighted by atomic mass is 10.00. The number of anilines is 1. The van der Waals surface area contributed by atoms with Crippen LogP contribution in [0.15, 0.2) is 103 Å². The van der Waals surface area contributed by atoms with Crippen LogP contribution >= 0.6 is 11.8 Å². The highest BCUT2D eigenvalue weighted by atomic mass is 32.2. The zero-order valence-electron chi connectivity index (χ0n) is 35.3. The van der Waals surface area contributed by atoms with Crippen molar-refractivity contribution in [3.05, 3.63) is 125 Å². The molecule has 5 N–H and O–H groups in total. The van der Waals surface area contributed by atoms with Crippen LogP contribution in [0.2, 0.25) is 0 Å². The maximum Gasteiger partial charge on any atom is 0.315 e. The zero-order chi connectivity index (χ0) is 43.4. The molecule has 0 saturated carbocycles. The number of ketones is 1. The maximum atomic E-state index is 13.7. The largest absolute Gasteiger partial charge is 0.494 e. The van der Waals surface area contributed by atoms with Crippen molar-refractivity contribution in [2.24, 2.45) is 0 Å². The zero-order valence-corrected chi connectivity index (χ0v) is 36.1. The van der Waals surface area contributed by atoms with Gasteiger partial charge in [-0.3, -0.25) is 19.2 Å². The molecule has 2 fully saturated rings. The molecule has 5 amide bonds. The van der Waals surface area contributed by atoms with E-state index in [9.17, 15) is 24.0 Å². The highest BCUT2D eigenvalue weighted by molar-refractivity contribution is 8.00. The van der Waals surface area contributed by atoms with Crippen LogP contribution < -0.4 is 41.0 Å². The molecule has 3 aliphatic rings. The smallest absolute Gasteiger partial charge is 0.315 e. The van der Waals surface area contributed by atoms with Crippen molar-refractivity contribution < 1.29 is 33.4 Å². The predicted molar refractivity (Wildman–Crippen MR) is 241 cm³/mol. The van der Waals surface area contributed by atoms with Crippen molar-refractivity contribution in [2.45, 2.75) is 87.4 Å².